The molecular weight excluding hydrogens is 390 g/mol. The van der Waals surface area contributed by atoms with E-state index in [0.29, 0.717) is 4.88 Å². The highest BCUT2D eigenvalue weighted by molar-refractivity contribution is 9.11. The number of nitrogens with zero attached hydrogens (tertiary/aromatic N) is 2. The van der Waals surface area contributed by atoms with Crippen molar-refractivity contribution in [3.8, 4) is 0 Å². The molecule has 124 valence electrons. The molecule has 1 aliphatic heterocycles. The monoisotopic (exact) mass is 409 g/mol. The maximum atomic E-state index is 12.4. The smallest absolute Gasteiger partial charge is 0.264 e. The Morgan fingerprint density at radius 1 is 1.50 bits per heavy atom. The number of carbonyl (C=O) groups is 2. The van der Waals surface area contributed by atoms with E-state index in [-0.39, 0.29) is 36.8 Å². The lowest BCUT2D eigenvalue weighted by molar-refractivity contribution is -0.132. The number of hydrogen-bond acceptors (Lipinski definition) is 4. The van der Waals surface area contributed by atoms with Crippen molar-refractivity contribution >= 4 is 51.5 Å². The Labute approximate surface area is 149 Å². The summed E-state index contributed by atoms with van der Waals surface area (Å²) in [5, 5.41) is 3.12. The molecule has 0 radical (unpaired) electrons. The van der Waals surface area contributed by atoms with Gasteiger partial charge in [-0.3, -0.25) is 9.59 Å². The third kappa shape index (κ3) is 4.68. The average Bonchev–Trinajstić information content (AvgIpc) is 3.07. The quantitative estimate of drug-likeness (QED) is 0.810. The lowest BCUT2D eigenvalue weighted by Gasteiger charge is -2.27. The minimum atomic E-state index is -0.108. The van der Waals surface area contributed by atoms with Gasteiger partial charge in [0.05, 0.1) is 15.2 Å². The molecule has 1 aromatic heterocycles. The van der Waals surface area contributed by atoms with Crippen LogP contribution in [0.15, 0.2) is 15.9 Å². The summed E-state index contributed by atoms with van der Waals surface area (Å²) >= 11 is 4.73. The fourth-order valence-corrected chi connectivity index (χ4v) is 3.98. The van der Waals surface area contributed by atoms with Crippen molar-refractivity contribution in [2.75, 3.05) is 33.7 Å². The van der Waals surface area contributed by atoms with Crippen LogP contribution in [0.5, 0.6) is 0 Å². The van der Waals surface area contributed by atoms with Crippen molar-refractivity contribution in [1.29, 1.82) is 0 Å². The van der Waals surface area contributed by atoms with Crippen LogP contribution in [0, 0.1) is 0 Å². The number of likely N-dealkylation sites (tertiary alicyclic amines) is 1. The van der Waals surface area contributed by atoms with Crippen molar-refractivity contribution < 1.29 is 9.59 Å². The first-order valence-corrected chi connectivity index (χ1v) is 8.58. The zero-order valence-electron chi connectivity index (χ0n) is 12.7. The number of rotatable bonds is 5. The molecule has 2 rings (SSSR count). The van der Waals surface area contributed by atoms with E-state index in [4.69, 9.17) is 0 Å². The van der Waals surface area contributed by atoms with Gasteiger partial charge in [0.15, 0.2) is 0 Å². The lowest BCUT2D eigenvalue weighted by Crippen LogP contribution is -2.46. The first-order valence-electron chi connectivity index (χ1n) is 6.97. The van der Waals surface area contributed by atoms with E-state index in [1.165, 1.54) is 16.2 Å². The lowest BCUT2D eigenvalue weighted by atomic mass is 10.2. The SMILES string of the molecule is CNCC1CCCN1C(=O)CN(C)C(=O)c1ccc(Br)s1.Cl. The van der Waals surface area contributed by atoms with Crippen LogP contribution in [-0.2, 0) is 4.79 Å². The molecule has 1 aliphatic rings. The van der Waals surface area contributed by atoms with E-state index >= 15 is 0 Å². The van der Waals surface area contributed by atoms with Crippen LogP contribution in [0.3, 0.4) is 0 Å². The molecule has 0 spiro atoms. The van der Waals surface area contributed by atoms with Crippen molar-refractivity contribution in [2.45, 2.75) is 18.9 Å². The van der Waals surface area contributed by atoms with Crippen LogP contribution < -0.4 is 5.32 Å². The number of amides is 2. The summed E-state index contributed by atoms with van der Waals surface area (Å²) in [6.07, 6.45) is 2.07. The second kappa shape index (κ2) is 8.86. The molecule has 1 N–H and O–H groups in total. The van der Waals surface area contributed by atoms with Gasteiger partial charge in [-0.05, 0) is 48.0 Å². The zero-order valence-corrected chi connectivity index (χ0v) is 15.9. The van der Waals surface area contributed by atoms with Gasteiger partial charge in [0, 0.05) is 26.2 Å². The molecule has 5 nitrogen and oxygen atoms in total. The van der Waals surface area contributed by atoms with E-state index in [9.17, 15) is 9.59 Å². The molecule has 2 heterocycles. The molecule has 0 bridgehead atoms. The van der Waals surface area contributed by atoms with E-state index < -0.39 is 0 Å². The topological polar surface area (TPSA) is 52.7 Å². The highest BCUT2D eigenvalue weighted by Crippen LogP contribution is 2.23. The molecule has 8 heteroatoms. The number of nitrogens with one attached hydrogen (secondary N) is 1. The highest BCUT2D eigenvalue weighted by Gasteiger charge is 2.29. The van der Waals surface area contributed by atoms with Gasteiger partial charge in [-0.15, -0.1) is 23.7 Å². The van der Waals surface area contributed by atoms with E-state index in [0.717, 1.165) is 29.7 Å². The minimum Gasteiger partial charge on any atom is -0.337 e. The summed E-state index contributed by atoms with van der Waals surface area (Å²) in [5.74, 6) is -0.0809. The van der Waals surface area contributed by atoms with Crippen LogP contribution in [-0.4, -0.2) is 61.4 Å². The molecule has 0 saturated carbocycles. The van der Waals surface area contributed by atoms with Gasteiger partial charge in [-0.2, -0.15) is 0 Å². The van der Waals surface area contributed by atoms with Gasteiger partial charge in [-0.25, -0.2) is 0 Å². The predicted octanol–water partition coefficient (Wildman–Crippen LogP) is 2.21. The number of halogens is 2. The van der Waals surface area contributed by atoms with Crippen molar-refractivity contribution in [1.82, 2.24) is 15.1 Å². The molecular formula is C14H21BrClN3O2S. The fourth-order valence-electron chi connectivity index (χ4n) is 2.59. The molecule has 1 aromatic rings. The van der Waals surface area contributed by atoms with Gasteiger partial charge in [0.25, 0.3) is 5.91 Å². The molecule has 2 amide bonds. The molecule has 0 aromatic carbocycles. The highest BCUT2D eigenvalue weighted by atomic mass is 79.9. The van der Waals surface area contributed by atoms with Gasteiger partial charge in [0.1, 0.15) is 0 Å². The largest absolute Gasteiger partial charge is 0.337 e. The third-order valence-corrected chi connectivity index (χ3v) is 5.25. The summed E-state index contributed by atoms with van der Waals surface area (Å²) < 4.78 is 0.916. The molecule has 1 atom stereocenters. The summed E-state index contributed by atoms with van der Waals surface area (Å²) in [5.41, 5.74) is 0. The first-order chi connectivity index (χ1) is 10.0. The Morgan fingerprint density at radius 2 is 2.23 bits per heavy atom. The summed E-state index contributed by atoms with van der Waals surface area (Å²) in [7, 11) is 3.57. The average molecular weight is 411 g/mol. The predicted molar refractivity (Wildman–Crippen MR) is 94.9 cm³/mol. The molecule has 1 fully saturated rings. The Hall–Kier alpha value is -0.630. The van der Waals surface area contributed by atoms with Crippen LogP contribution in [0.2, 0.25) is 0 Å². The molecule has 0 aliphatic carbocycles. The molecule has 22 heavy (non-hydrogen) atoms. The normalized spacial score (nSPS) is 17.2. The van der Waals surface area contributed by atoms with Crippen molar-refractivity contribution in [2.24, 2.45) is 0 Å². The van der Waals surface area contributed by atoms with Gasteiger partial charge in [-0.1, -0.05) is 0 Å². The minimum absolute atomic E-state index is 0. The standard InChI is InChI=1S/C14H20BrN3O2S.ClH/c1-16-8-10-4-3-7-18(10)13(19)9-17(2)14(20)11-5-6-12(15)21-11;/h5-6,10,16H,3-4,7-9H2,1-2H3;1H. The van der Waals surface area contributed by atoms with Crippen molar-refractivity contribution in [3.05, 3.63) is 20.8 Å². The summed E-state index contributed by atoms with van der Waals surface area (Å²) in [4.78, 5) is 28.7. The number of carbonyl (C=O) groups excluding carboxylic acids is 2. The zero-order chi connectivity index (χ0) is 15.4. The van der Waals surface area contributed by atoms with Crippen LogP contribution in [0.4, 0.5) is 0 Å². The first kappa shape index (κ1) is 19.4. The Balaban J connectivity index is 0.00000242. The number of hydrogen-bond donors (Lipinski definition) is 1. The number of thiophene rings is 1. The Bertz CT molecular complexity index is 526. The number of likely N-dealkylation sites (N-methyl/N-ethyl adjacent to an activating group) is 2. The molecule has 1 saturated heterocycles. The second-order valence-corrected chi connectivity index (χ2v) is 7.67. The van der Waals surface area contributed by atoms with E-state index in [1.54, 1.807) is 13.1 Å². The Kier molecular flexibility index (Phi) is 7.82. The van der Waals surface area contributed by atoms with Crippen molar-refractivity contribution in [3.63, 3.8) is 0 Å². The van der Waals surface area contributed by atoms with Gasteiger partial charge < -0.3 is 15.1 Å². The molecule has 1 unspecified atom stereocenters. The van der Waals surface area contributed by atoms with E-state index in [2.05, 4.69) is 21.2 Å². The third-order valence-electron chi connectivity index (χ3n) is 3.64. The van der Waals surface area contributed by atoms with Gasteiger partial charge >= 0.3 is 0 Å². The second-order valence-electron chi connectivity index (χ2n) is 5.21. The van der Waals surface area contributed by atoms with Crippen LogP contribution >= 0.6 is 39.7 Å². The fraction of sp³-hybridized carbons (Fsp3) is 0.571. The van der Waals surface area contributed by atoms with Gasteiger partial charge in [0.2, 0.25) is 5.91 Å². The summed E-state index contributed by atoms with van der Waals surface area (Å²) in [6, 6.07) is 3.87. The van der Waals surface area contributed by atoms with Crippen LogP contribution in [0.25, 0.3) is 0 Å². The maximum Gasteiger partial charge on any atom is 0.264 e. The summed E-state index contributed by atoms with van der Waals surface area (Å²) in [6.45, 7) is 1.73. The Morgan fingerprint density at radius 3 is 2.82 bits per heavy atom. The van der Waals surface area contributed by atoms with E-state index in [1.807, 2.05) is 18.0 Å². The van der Waals surface area contributed by atoms with Crippen LogP contribution in [0.1, 0.15) is 22.5 Å². The maximum absolute atomic E-state index is 12.4.